The Kier molecular flexibility index (Phi) is 8.32. The maximum atomic E-state index is 12.8. The van der Waals surface area contributed by atoms with Crippen LogP contribution in [-0.2, 0) is 29.0 Å². The van der Waals surface area contributed by atoms with Gasteiger partial charge in [-0.1, -0.05) is 37.3 Å². The molecule has 7 nitrogen and oxygen atoms in total. The fourth-order valence-corrected chi connectivity index (χ4v) is 4.32. The predicted molar refractivity (Wildman–Crippen MR) is 128 cm³/mol. The lowest BCUT2D eigenvalue weighted by molar-refractivity contribution is 0.00622. The number of esters is 2. The van der Waals surface area contributed by atoms with Gasteiger partial charge < -0.3 is 19.8 Å². The monoisotopic (exact) mass is 455 g/mol. The van der Waals surface area contributed by atoms with Crippen LogP contribution in [0.2, 0.25) is 0 Å². The lowest BCUT2D eigenvalue weighted by Crippen LogP contribution is -2.42. The molecule has 1 fully saturated rings. The molecule has 0 spiro atoms. The normalized spacial score (nSPS) is 15.4. The largest absolute Gasteiger partial charge is 0.465 e. The molecule has 0 radical (unpaired) electrons. The van der Waals surface area contributed by atoms with E-state index in [2.05, 4.69) is 39.5 Å². The third kappa shape index (κ3) is 6.68. The Morgan fingerprint density at radius 3 is 2.36 bits per heavy atom. The number of methoxy groups -OCH3 is 1. The van der Waals surface area contributed by atoms with Crippen molar-refractivity contribution in [3.8, 4) is 0 Å². The highest BCUT2D eigenvalue weighted by Crippen LogP contribution is 2.24. The van der Waals surface area contributed by atoms with Crippen LogP contribution in [0, 0.1) is 0 Å². The summed E-state index contributed by atoms with van der Waals surface area (Å²) < 4.78 is 10.6. The van der Waals surface area contributed by atoms with Crippen LogP contribution >= 0.6 is 0 Å². The third-order valence-corrected chi connectivity index (χ3v) is 5.93. The maximum absolute atomic E-state index is 12.8. The van der Waals surface area contributed by atoms with Crippen molar-refractivity contribution in [2.24, 2.45) is 0 Å². The summed E-state index contributed by atoms with van der Waals surface area (Å²) in [6, 6.07) is 10.9. The van der Waals surface area contributed by atoms with E-state index in [-0.39, 0.29) is 0 Å². The lowest BCUT2D eigenvalue weighted by Gasteiger charge is -2.32. The number of benzene rings is 1. The van der Waals surface area contributed by atoms with Crippen molar-refractivity contribution in [1.29, 1.82) is 0 Å². The van der Waals surface area contributed by atoms with E-state index in [0.29, 0.717) is 41.5 Å². The van der Waals surface area contributed by atoms with Crippen LogP contribution in [0.3, 0.4) is 0 Å². The van der Waals surface area contributed by atoms with Crippen molar-refractivity contribution in [2.75, 3.05) is 20.2 Å². The summed E-state index contributed by atoms with van der Waals surface area (Å²) in [5.41, 5.74) is 2.80. The first-order valence-corrected chi connectivity index (χ1v) is 11.8. The molecule has 1 aliphatic rings. The number of likely N-dealkylation sites (tertiary alicyclic amines) is 1. The molecule has 0 aliphatic carbocycles. The van der Waals surface area contributed by atoms with Crippen LogP contribution < -0.4 is 5.32 Å². The fraction of sp³-hybridized carbons (Fsp3) is 0.538. The number of nitrogens with zero attached hydrogens (tertiary/aromatic N) is 1. The van der Waals surface area contributed by atoms with Crippen molar-refractivity contribution in [1.82, 2.24) is 15.2 Å². The van der Waals surface area contributed by atoms with Gasteiger partial charge in [-0.25, -0.2) is 9.59 Å². The molecule has 1 saturated heterocycles. The summed E-state index contributed by atoms with van der Waals surface area (Å²) >= 11 is 0. The second-order valence-corrected chi connectivity index (χ2v) is 9.60. The molecule has 0 atom stereocenters. The van der Waals surface area contributed by atoms with Gasteiger partial charge in [0.1, 0.15) is 11.3 Å². The van der Waals surface area contributed by atoms with Crippen LogP contribution in [-0.4, -0.2) is 53.7 Å². The summed E-state index contributed by atoms with van der Waals surface area (Å²) in [4.78, 5) is 31.0. The lowest BCUT2D eigenvalue weighted by atomic mass is 10.0. The number of carbonyl (C=O) groups excluding carboxylic acids is 2. The van der Waals surface area contributed by atoms with E-state index in [0.717, 1.165) is 32.5 Å². The zero-order chi connectivity index (χ0) is 24.0. The molecular weight excluding hydrogens is 418 g/mol. The number of hydrogen-bond donors (Lipinski definition) is 2. The maximum Gasteiger partial charge on any atom is 0.355 e. The Hall–Kier alpha value is -2.64. The fourth-order valence-electron chi connectivity index (χ4n) is 4.32. The first-order valence-electron chi connectivity index (χ1n) is 11.8. The molecule has 1 aromatic carbocycles. The molecule has 33 heavy (non-hydrogen) atoms. The van der Waals surface area contributed by atoms with Crippen LogP contribution in [0.25, 0.3) is 0 Å². The van der Waals surface area contributed by atoms with Crippen molar-refractivity contribution < 1.29 is 19.1 Å². The van der Waals surface area contributed by atoms with Gasteiger partial charge in [0.05, 0.1) is 12.7 Å². The highest BCUT2D eigenvalue weighted by atomic mass is 16.6. The SMILES string of the molecule is CCc1c(C(=O)OC(C)(C)C)[nH]c(CNC2CCN(Cc3ccccc3)CC2)c1C(=O)OC. The van der Waals surface area contributed by atoms with Gasteiger partial charge in [0.25, 0.3) is 0 Å². The number of nitrogens with one attached hydrogen (secondary N) is 2. The van der Waals surface area contributed by atoms with E-state index in [9.17, 15) is 9.59 Å². The molecule has 0 bridgehead atoms. The molecule has 1 aliphatic heterocycles. The molecule has 2 N–H and O–H groups in total. The minimum absolute atomic E-state index is 0.335. The molecule has 2 heterocycles. The van der Waals surface area contributed by atoms with Gasteiger partial charge in [0.15, 0.2) is 0 Å². The van der Waals surface area contributed by atoms with E-state index in [4.69, 9.17) is 9.47 Å². The van der Waals surface area contributed by atoms with Gasteiger partial charge in [-0.15, -0.1) is 0 Å². The summed E-state index contributed by atoms with van der Waals surface area (Å²) in [6.07, 6.45) is 2.58. The third-order valence-electron chi connectivity index (χ3n) is 5.93. The summed E-state index contributed by atoms with van der Waals surface area (Å²) in [5, 5.41) is 3.58. The molecule has 0 unspecified atom stereocenters. The molecule has 0 saturated carbocycles. The smallest absolute Gasteiger partial charge is 0.355 e. The summed E-state index contributed by atoms with van der Waals surface area (Å²) in [7, 11) is 1.36. The minimum Gasteiger partial charge on any atom is -0.465 e. The van der Waals surface area contributed by atoms with E-state index in [1.165, 1.54) is 12.7 Å². The van der Waals surface area contributed by atoms with Gasteiger partial charge in [-0.2, -0.15) is 0 Å². The van der Waals surface area contributed by atoms with Crippen molar-refractivity contribution in [3.63, 3.8) is 0 Å². The standard InChI is InChI=1S/C26H37N3O4/c1-6-20-22(24(30)32-5)21(28-23(20)25(31)33-26(2,3)4)16-27-19-12-14-29(15-13-19)17-18-10-8-7-9-11-18/h7-11,19,27-28H,6,12-17H2,1-5H3. The first kappa shape index (κ1) is 25.0. The number of H-pyrrole nitrogens is 1. The van der Waals surface area contributed by atoms with Gasteiger partial charge >= 0.3 is 11.9 Å². The summed E-state index contributed by atoms with van der Waals surface area (Å²) in [5.74, 6) is -0.891. The van der Waals surface area contributed by atoms with Crippen LogP contribution in [0.4, 0.5) is 0 Å². The Morgan fingerprint density at radius 1 is 1.12 bits per heavy atom. The van der Waals surface area contributed by atoms with E-state index >= 15 is 0 Å². The Labute approximate surface area is 196 Å². The number of rotatable bonds is 8. The molecule has 3 rings (SSSR count). The van der Waals surface area contributed by atoms with Crippen molar-refractivity contribution in [3.05, 3.63) is 58.4 Å². The minimum atomic E-state index is -0.620. The molecule has 7 heteroatoms. The molecule has 180 valence electrons. The zero-order valence-electron chi connectivity index (χ0n) is 20.5. The van der Waals surface area contributed by atoms with Gasteiger partial charge in [-0.3, -0.25) is 4.90 Å². The number of aromatic nitrogens is 1. The van der Waals surface area contributed by atoms with Crippen LogP contribution in [0.5, 0.6) is 0 Å². The molecule has 0 amide bonds. The molecule has 1 aromatic heterocycles. The Morgan fingerprint density at radius 2 is 1.79 bits per heavy atom. The number of aromatic amines is 1. The van der Waals surface area contributed by atoms with Crippen molar-refractivity contribution >= 4 is 11.9 Å². The van der Waals surface area contributed by atoms with Gasteiger partial charge in [0, 0.05) is 24.8 Å². The average Bonchev–Trinajstić information content (AvgIpc) is 3.16. The van der Waals surface area contributed by atoms with E-state index in [1.54, 1.807) is 0 Å². The molecular formula is C26H37N3O4. The first-order chi connectivity index (χ1) is 15.7. The summed E-state index contributed by atoms with van der Waals surface area (Å²) in [6.45, 7) is 10.9. The van der Waals surface area contributed by atoms with Crippen LogP contribution in [0.1, 0.15) is 78.2 Å². The Bertz CT molecular complexity index is 938. The second-order valence-electron chi connectivity index (χ2n) is 9.60. The highest BCUT2D eigenvalue weighted by molar-refractivity contribution is 5.98. The quantitative estimate of drug-likeness (QED) is 0.584. The van der Waals surface area contributed by atoms with Gasteiger partial charge in [0.2, 0.25) is 0 Å². The number of ether oxygens (including phenoxy) is 2. The number of piperidine rings is 1. The zero-order valence-corrected chi connectivity index (χ0v) is 20.5. The van der Waals surface area contributed by atoms with Crippen LogP contribution in [0.15, 0.2) is 30.3 Å². The molecule has 2 aromatic rings. The number of hydrogen-bond acceptors (Lipinski definition) is 6. The van der Waals surface area contributed by atoms with Crippen molar-refractivity contribution in [2.45, 2.75) is 71.7 Å². The van der Waals surface area contributed by atoms with E-state index < -0.39 is 17.5 Å². The predicted octanol–water partition coefficient (Wildman–Crippen LogP) is 4.07. The average molecular weight is 456 g/mol. The topological polar surface area (TPSA) is 83.7 Å². The number of carbonyl (C=O) groups is 2. The Balaban J connectivity index is 1.66. The highest BCUT2D eigenvalue weighted by Gasteiger charge is 2.29. The second kappa shape index (κ2) is 11.0. The van der Waals surface area contributed by atoms with E-state index in [1.807, 2.05) is 33.8 Å². The van der Waals surface area contributed by atoms with Gasteiger partial charge in [-0.05, 0) is 64.3 Å².